The lowest BCUT2D eigenvalue weighted by Gasteiger charge is -2.22. The predicted molar refractivity (Wildman–Crippen MR) is 71.5 cm³/mol. The normalized spacial score (nSPS) is 17.1. The maximum Gasteiger partial charge on any atom is 0.251 e. The van der Waals surface area contributed by atoms with E-state index in [0.29, 0.717) is 6.04 Å². The summed E-state index contributed by atoms with van der Waals surface area (Å²) in [5, 5.41) is 3.08. The Labute approximate surface area is 106 Å². The second-order valence-corrected chi connectivity index (χ2v) is 5.65. The van der Waals surface area contributed by atoms with Gasteiger partial charge in [0.2, 0.25) is 0 Å². The number of carbonyl (C=O) groups excluding carboxylic acids is 1. The van der Waals surface area contributed by atoms with Crippen molar-refractivity contribution in [1.82, 2.24) is 5.32 Å². The highest BCUT2D eigenvalue weighted by molar-refractivity contribution is 7.99. The summed E-state index contributed by atoms with van der Waals surface area (Å²) in [5.74, 6) is 2.34. The lowest BCUT2D eigenvalue weighted by atomic mass is 10.1. The zero-order valence-electron chi connectivity index (χ0n) is 8.98. The fourth-order valence-electron chi connectivity index (χ4n) is 1.72. The standard InChI is InChI=1S/C12H15NOS2/c14-12(9-1-3-11(15)4-2-9)13-10-5-7-16-8-6-10/h1-4,10,15H,5-8H2,(H,13,14). The summed E-state index contributed by atoms with van der Waals surface area (Å²) in [6, 6.07) is 7.66. The highest BCUT2D eigenvalue weighted by atomic mass is 32.2. The number of carbonyl (C=O) groups is 1. The molecule has 0 aliphatic carbocycles. The zero-order valence-corrected chi connectivity index (χ0v) is 10.7. The molecule has 1 aromatic carbocycles. The van der Waals surface area contributed by atoms with E-state index in [0.717, 1.165) is 34.8 Å². The van der Waals surface area contributed by atoms with E-state index in [1.165, 1.54) is 0 Å². The molecule has 1 aliphatic rings. The van der Waals surface area contributed by atoms with Crippen LogP contribution in [0.4, 0.5) is 0 Å². The number of amides is 1. The van der Waals surface area contributed by atoms with Gasteiger partial charge < -0.3 is 5.32 Å². The van der Waals surface area contributed by atoms with Crippen LogP contribution < -0.4 is 5.32 Å². The molecule has 1 N–H and O–H groups in total. The largest absolute Gasteiger partial charge is 0.349 e. The predicted octanol–water partition coefficient (Wildman–Crippen LogP) is 2.60. The Morgan fingerprint density at radius 1 is 1.25 bits per heavy atom. The molecular formula is C12H15NOS2. The minimum absolute atomic E-state index is 0.0326. The molecule has 1 amide bonds. The molecule has 16 heavy (non-hydrogen) atoms. The fraction of sp³-hybridized carbons (Fsp3) is 0.417. The van der Waals surface area contributed by atoms with E-state index in [-0.39, 0.29) is 5.91 Å². The fourth-order valence-corrected chi connectivity index (χ4v) is 2.98. The Morgan fingerprint density at radius 3 is 2.50 bits per heavy atom. The van der Waals surface area contributed by atoms with E-state index in [9.17, 15) is 4.79 Å². The van der Waals surface area contributed by atoms with Crippen LogP contribution in [0.1, 0.15) is 23.2 Å². The van der Waals surface area contributed by atoms with Crippen molar-refractivity contribution in [2.45, 2.75) is 23.8 Å². The molecular weight excluding hydrogens is 238 g/mol. The molecule has 2 nitrogen and oxygen atoms in total. The summed E-state index contributed by atoms with van der Waals surface area (Å²) in [6.07, 6.45) is 2.17. The molecule has 1 aromatic rings. The molecule has 4 heteroatoms. The lowest BCUT2D eigenvalue weighted by molar-refractivity contribution is 0.0935. The molecule has 1 fully saturated rings. The molecule has 0 unspecified atom stereocenters. The number of hydrogen-bond acceptors (Lipinski definition) is 3. The maximum absolute atomic E-state index is 11.9. The molecule has 86 valence electrons. The van der Waals surface area contributed by atoms with Crippen molar-refractivity contribution in [1.29, 1.82) is 0 Å². The van der Waals surface area contributed by atoms with Gasteiger partial charge in [-0.1, -0.05) is 0 Å². The number of benzene rings is 1. The first kappa shape index (κ1) is 11.9. The molecule has 2 rings (SSSR count). The molecule has 0 saturated carbocycles. The van der Waals surface area contributed by atoms with Gasteiger partial charge in [0, 0.05) is 16.5 Å². The third-order valence-electron chi connectivity index (χ3n) is 2.69. The number of nitrogens with one attached hydrogen (secondary N) is 1. The summed E-state index contributed by atoms with van der Waals surface area (Å²) in [5.41, 5.74) is 0.719. The van der Waals surface area contributed by atoms with E-state index >= 15 is 0 Å². The smallest absolute Gasteiger partial charge is 0.251 e. The van der Waals surface area contributed by atoms with Crippen molar-refractivity contribution >= 4 is 30.3 Å². The van der Waals surface area contributed by atoms with Crippen molar-refractivity contribution < 1.29 is 4.79 Å². The van der Waals surface area contributed by atoms with E-state index < -0.39 is 0 Å². The molecule has 0 aromatic heterocycles. The number of hydrogen-bond donors (Lipinski definition) is 2. The topological polar surface area (TPSA) is 29.1 Å². The Bertz CT molecular complexity index is 358. The summed E-state index contributed by atoms with van der Waals surface area (Å²) in [7, 11) is 0. The molecule has 1 heterocycles. The van der Waals surface area contributed by atoms with Crippen molar-refractivity contribution in [2.24, 2.45) is 0 Å². The van der Waals surface area contributed by atoms with Crippen molar-refractivity contribution in [3.8, 4) is 0 Å². The van der Waals surface area contributed by atoms with Gasteiger partial charge in [0.25, 0.3) is 5.91 Å². The van der Waals surface area contributed by atoms with Gasteiger partial charge in [-0.3, -0.25) is 4.79 Å². The average Bonchev–Trinajstić information content (AvgIpc) is 2.31. The molecule has 0 bridgehead atoms. The van der Waals surface area contributed by atoms with Crippen LogP contribution in [0, 0.1) is 0 Å². The van der Waals surface area contributed by atoms with Crippen LogP contribution in [-0.2, 0) is 0 Å². The van der Waals surface area contributed by atoms with E-state index in [2.05, 4.69) is 17.9 Å². The van der Waals surface area contributed by atoms with Crippen LogP contribution >= 0.6 is 24.4 Å². The number of thioether (sulfide) groups is 1. The Morgan fingerprint density at radius 2 is 1.88 bits per heavy atom. The maximum atomic E-state index is 11.9. The molecule has 1 saturated heterocycles. The Hall–Kier alpha value is -0.610. The van der Waals surface area contributed by atoms with Gasteiger partial charge in [-0.2, -0.15) is 11.8 Å². The first-order chi connectivity index (χ1) is 7.75. The minimum Gasteiger partial charge on any atom is -0.349 e. The van der Waals surface area contributed by atoms with Gasteiger partial charge in [0.05, 0.1) is 0 Å². The van der Waals surface area contributed by atoms with Gasteiger partial charge in [0.1, 0.15) is 0 Å². The second kappa shape index (κ2) is 5.64. The summed E-state index contributed by atoms with van der Waals surface area (Å²) >= 11 is 6.16. The van der Waals surface area contributed by atoms with Gasteiger partial charge in [-0.15, -0.1) is 12.6 Å². The Balaban J connectivity index is 1.94. The molecule has 0 radical (unpaired) electrons. The van der Waals surface area contributed by atoms with Crippen LogP contribution in [0.25, 0.3) is 0 Å². The number of rotatable bonds is 2. The second-order valence-electron chi connectivity index (χ2n) is 3.91. The molecule has 0 atom stereocenters. The lowest BCUT2D eigenvalue weighted by Crippen LogP contribution is -2.37. The zero-order chi connectivity index (χ0) is 11.4. The molecule has 1 aliphatic heterocycles. The molecule has 0 spiro atoms. The highest BCUT2D eigenvalue weighted by Crippen LogP contribution is 2.17. The Kier molecular flexibility index (Phi) is 4.18. The van der Waals surface area contributed by atoms with E-state index in [1.807, 2.05) is 36.0 Å². The summed E-state index contributed by atoms with van der Waals surface area (Å²) in [4.78, 5) is 12.8. The van der Waals surface area contributed by atoms with E-state index in [4.69, 9.17) is 0 Å². The van der Waals surface area contributed by atoms with Crippen molar-refractivity contribution in [3.63, 3.8) is 0 Å². The quantitative estimate of drug-likeness (QED) is 0.793. The summed E-state index contributed by atoms with van der Waals surface area (Å²) < 4.78 is 0. The van der Waals surface area contributed by atoms with Crippen LogP contribution in [0.3, 0.4) is 0 Å². The number of thiol groups is 1. The first-order valence-corrected chi connectivity index (χ1v) is 7.03. The SMILES string of the molecule is O=C(NC1CCSCC1)c1ccc(S)cc1. The average molecular weight is 253 g/mol. The van der Waals surface area contributed by atoms with Gasteiger partial charge in [-0.25, -0.2) is 0 Å². The minimum atomic E-state index is 0.0326. The van der Waals surface area contributed by atoms with Gasteiger partial charge in [0.15, 0.2) is 0 Å². The first-order valence-electron chi connectivity index (χ1n) is 5.43. The van der Waals surface area contributed by atoms with Crippen LogP contribution in [0.15, 0.2) is 29.2 Å². The van der Waals surface area contributed by atoms with Crippen LogP contribution in [0.2, 0.25) is 0 Å². The van der Waals surface area contributed by atoms with Gasteiger partial charge >= 0.3 is 0 Å². The highest BCUT2D eigenvalue weighted by Gasteiger charge is 2.16. The monoisotopic (exact) mass is 253 g/mol. The third-order valence-corrected chi connectivity index (χ3v) is 4.03. The summed E-state index contributed by atoms with van der Waals surface area (Å²) in [6.45, 7) is 0. The third kappa shape index (κ3) is 3.19. The van der Waals surface area contributed by atoms with Crippen molar-refractivity contribution in [2.75, 3.05) is 11.5 Å². The van der Waals surface area contributed by atoms with E-state index in [1.54, 1.807) is 0 Å². The van der Waals surface area contributed by atoms with Gasteiger partial charge in [-0.05, 0) is 48.6 Å². The van der Waals surface area contributed by atoms with Crippen LogP contribution in [-0.4, -0.2) is 23.5 Å². The van der Waals surface area contributed by atoms with Crippen molar-refractivity contribution in [3.05, 3.63) is 29.8 Å². The van der Waals surface area contributed by atoms with Crippen LogP contribution in [0.5, 0.6) is 0 Å².